The Morgan fingerprint density at radius 3 is 2.78 bits per heavy atom. The van der Waals surface area contributed by atoms with E-state index in [0.717, 1.165) is 12.1 Å². The van der Waals surface area contributed by atoms with Crippen LogP contribution < -0.4 is 4.74 Å². The van der Waals surface area contributed by atoms with Crippen LogP contribution in [0, 0.1) is 11.6 Å². The predicted molar refractivity (Wildman–Crippen MR) is 56.4 cm³/mol. The van der Waals surface area contributed by atoms with Gasteiger partial charge in [-0.15, -0.1) is 0 Å². The molecule has 1 aromatic heterocycles. The van der Waals surface area contributed by atoms with E-state index in [1.54, 1.807) is 0 Å². The van der Waals surface area contributed by atoms with Crippen LogP contribution in [0.5, 0.6) is 5.75 Å². The van der Waals surface area contributed by atoms with Gasteiger partial charge in [-0.25, -0.2) is 13.6 Å². The number of furan rings is 1. The maximum atomic E-state index is 13.2. The van der Waals surface area contributed by atoms with E-state index in [-0.39, 0.29) is 23.7 Å². The molecule has 94 valence electrons. The highest BCUT2D eigenvalue weighted by atomic mass is 19.1. The second-order valence-corrected chi connectivity index (χ2v) is 3.44. The van der Waals surface area contributed by atoms with Crippen LogP contribution in [0.25, 0.3) is 0 Å². The summed E-state index contributed by atoms with van der Waals surface area (Å²) in [6.07, 6.45) is 1.20. The van der Waals surface area contributed by atoms with Crippen LogP contribution in [0.4, 0.5) is 8.78 Å². The van der Waals surface area contributed by atoms with Gasteiger partial charge < -0.3 is 14.3 Å². The van der Waals surface area contributed by atoms with Gasteiger partial charge in [0, 0.05) is 11.6 Å². The first-order chi connectivity index (χ1) is 8.58. The number of carboxylic acids is 1. The second-order valence-electron chi connectivity index (χ2n) is 3.44. The van der Waals surface area contributed by atoms with Gasteiger partial charge in [-0.05, 0) is 18.2 Å². The molecule has 0 saturated carbocycles. The molecular weight excluding hydrogens is 246 g/mol. The summed E-state index contributed by atoms with van der Waals surface area (Å²) in [6.45, 7) is -0.180. The molecule has 0 bridgehead atoms. The van der Waals surface area contributed by atoms with Gasteiger partial charge in [0.05, 0.1) is 6.26 Å². The Bertz CT molecular complexity index is 577. The van der Waals surface area contributed by atoms with Gasteiger partial charge in [0.25, 0.3) is 0 Å². The van der Waals surface area contributed by atoms with E-state index in [1.165, 1.54) is 12.3 Å². The van der Waals surface area contributed by atoms with Crippen LogP contribution in [0.3, 0.4) is 0 Å². The summed E-state index contributed by atoms with van der Waals surface area (Å²) < 4.78 is 35.7. The monoisotopic (exact) mass is 254 g/mol. The Labute approximate surface area is 100 Å². The fourth-order valence-electron chi connectivity index (χ4n) is 1.38. The molecule has 0 atom stereocenters. The van der Waals surface area contributed by atoms with E-state index in [0.29, 0.717) is 6.07 Å². The van der Waals surface area contributed by atoms with Crippen molar-refractivity contribution in [3.05, 3.63) is 53.5 Å². The Morgan fingerprint density at radius 1 is 1.33 bits per heavy atom. The van der Waals surface area contributed by atoms with Crippen LogP contribution in [-0.2, 0) is 6.61 Å². The molecule has 0 aliphatic carbocycles. The summed E-state index contributed by atoms with van der Waals surface area (Å²) in [7, 11) is 0. The van der Waals surface area contributed by atoms with E-state index in [9.17, 15) is 13.6 Å². The lowest BCUT2D eigenvalue weighted by molar-refractivity contribution is 0.0658. The van der Waals surface area contributed by atoms with E-state index in [4.69, 9.17) is 14.3 Å². The number of carbonyl (C=O) groups is 1. The molecule has 0 unspecified atom stereocenters. The zero-order valence-electron chi connectivity index (χ0n) is 9.02. The smallest absolute Gasteiger partial charge is 0.372 e. The van der Waals surface area contributed by atoms with E-state index < -0.39 is 17.6 Å². The molecule has 2 rings (SSSR count). The summed E-state index contributed by atoms with van der Waals surface area (Å²) in [5, 5.41) is 8.77. The minimum Gasteiger partial charge on any atom is -0.486 e. The molecule has 0 spiro atoms. The summed E-state index contributed by atoms with van der Waals surface area (Å²) in [5.74, 6) is -3.23. The number of ether oxygens (including phenoxy) is 1. The molecule has 1 N–H and O–H groups in total. The van der Waals surface area contributed by atoms with Gasteiger partial charge in [0.15, 0.2) is 11.6 Å². The summed E-state index contributed by atoms with van der Waals surface area (Å²) >= 11 is 0. The fourth-order valence-corrected chi connectivity index (χ4v) is 1.38. The number of halogens is 2. The highest BCUT2D eigenvalue weighted by Gasteiger charge is 2.15. The number of hydrogen-bond acceptors (Lipinski definition) is 3. The van der Waals surface area contributed by atoms with Gasteiger partial charge in [0.1, 0.15) is 12.4 Å². The number of aromatic carboxylic acids is 1. The topological polar surface area (TPSA) is 59.7 Å². The highest BCUT2D eigenvalue weighted by Crippen LogP contribution is 2.20. The minimum atomic E-state index is -1.24. The quantitative estimate of drug-likeness (QED) is 0.911. The number of benzene rings is 1. The third-order valence-electron chi connectivity index (χ3n) is 2.22. The number of carboxylic acid groups (broad SMARTS) is 1. The van der Waals surface area contributed by atoms with Crippen molar-refractivity contribution in [2.24, 2.45) is 0 Å². The first-order valence-electron chi connectivity index (χ1n) is 4.95. The zero-order valence-corrected chi connectivity index (χ0v) is 9.02. The average Bonchev–Trinajstić information content (AvgIpc) is 2.76. The maximum absolute atomic E-state index is 13.2. The lowest BCUT2D eigenvalue weighted by Gasteiger charge is -2.06. The molecule has 0 saturated heterocycles. The molecule has 0 radical (unpaired) electrons. The fraction of sp³-hybridized carbons (Fsp3) is 0.0833. The lowest BCUT2D eigenvalue weighted by atomic mass is 10.2. The molecule has 6 heteroatoms. The SMILES string of the molecule is O=C(O)c1occc1COc1ccc(F)cc1F. The molecule has 0 amide bonds. The Hall–Kier alpha value is -2.37. The molecule has 4 nitrogen and oxygen atoms in total. The van der Waals surface area contributed by atoms with Crippen molar-refractivity contribution >= 4 is 5.97 Å². The van der Waals surface area contributed by atoms with Gasteiger partial charge in [0.2, 0.25) is 5.76 Å². The average molecular weight is 254 g/mol. The lowest BCUT2D eigenvalue weighted by Crippen LogP contribution is -2.03. The third-order valence-corrected chi connectivity index (χ3v) is 2.22. The van der Waals surface area contributed by atoms with Crippen LogP contribution in [0.15, 0.2) is 34.9 Å². The van der Waals surface area contributed by atoms with Gasteiger partial charge >= 0.3 is 5.97 Å². The largest absolute Gasteiger partial charge is 0.486 e. The second kappa shape index (κ2) is 4.87. The van der Waals surface area contributed by atoms with Gasteiger partial charge in [-0.2, -0.15) is 0 Å². The zero-order chi connectivity index (χ0) is 13.1. The molecule has 1 heterocycles. The summed E-state index contributed by atoms with van der Waals surface area (Å²) in [4.78, 5) is 10.7. The van der Waals surface area contributed by atoms with E-state index >= 15 is 0 Å². The maximum Gasteiger partial charge on any atom is 0.372 e. The molecule has 1 aromatic carbocycles. The molecular formula is C12H8F2O4. The van der Waals surface area contributed by atoms with Crippen molar-refractivity contribution in [3.63, 3.8) is 0 Å². The summed E-state index contributed by atoms with van der Waals surface area (Å²) in [5.41, 5.74) is 0.270. The molecule has 2 aromatic rings. The van der Waals surface area contributed by atoms with E-state index in [1.807, 2.05) is 0 Å². The van der Waals surface area contributed by atoms with Gasteiger partial charge in [-0.3, -0.25) is 0 Å². The van der Waals surface area contributed by atoms with Crippen molar-refractivity contribution < 1.29 is 27.8 Å². The van der Waals surface area contributed by atoms with E-state index in [2.05, 4.69) is 0 Å². The standard InChI is InChI=1S/C12H8F2O4/c13-8-1-2-10(9(14)5-8)18-6-7-3-4-17-11(7)12(15)16/h1-5H,6H2,(H,15,16). The normalized spacial score (nSPS) is 10.3. The predicted octanol–water partition coefficient (Wildman–Crippen LogP) is 2.84. The number of rotatable bonds is 4. The molecule has 0 aliphatic heterocycles. The van der Waals surface area contributed by atoms with Crippen molar-refractivity contribution in [2.75, 3.05) is 0 Å². The first kappa shape index (κ1) is 12.1. The van der Waals surface area contributed by atoms with Crippen LogP contribution in [-0.4, -0.2) is 11.1 Å². The molecule has 18 heavy (non-hydrogen) atoms. The molecule has 0 fully saturated rings. The minimum absolute atomic E-state index is 0.158. The van der Waals surface area contributed by atoms with Crippen LogP contribution >= 0.6 is 0 Å². The van der Waals surface area contributed by atoms with Crippen molar-refractivity contribution in [1.82, 2.24) is 0 Å². The summed E-state index contributed by atoms with van der Waals surface area (Å²) in [6, 6.07) is 4.27. The van der Waals surface area contributed by atoms with Crippen molar-refractivity contribution in [2.45, 2.75) is 6.61 Å². The van der Waals surface area contributed by atoms with Crippen molar-refractivity contribution in [1.29, 1.82) is 0 Å². The third kappa shape index (κ3) is 2.48. The van der Waals surface area contributed by atoms with Crippen molar-refractivity contribution in [3.8, 4) is 5.75 Å². The Morgan fingerprint density at radius 2 is 2.11 bits per heavy atom. The Kier molecular flexibility index (Phi) is 3.27. The first-order valence-corrected chi connectivity index (χ1v) is 4.95. The highest BCUT2D eigenvalue weighted by molar-refractivity contribution is 5.86. The number of hydrogen-bond donors (Lipinski definition) is 1. The Balaban J connectivity index is 2.11. The van der Waals surface area contributed by atoms with Crippen LogP contribution in [0.1, 0.15) is 16.1 Å². The molecule has 0 aliphatic rings. The van der Waals surface area contributed by atoms with Gasteiger partial charge in [-0.1, -0.05) is 0 Å². The van der Waals surface area contributed by atoms with Crippen LogP contribution in [0.2, 0.25) is 0 Å².